The fourth-order valence-corrected chi connectivity index (χ4v) is 3.04. The largest absolute Gasteiger partial charge is 0.368 e. The van der Waals surface area contributed by atoms with E-state index in [-0.39, 0.29) is 5.91 Å². The Kier molecular flexibility index (Phi) is 5.44. The minimum atomic E-state index is -0.502. The number of piperidine rings is 1. The topological polar surface area (TPSA) is 58.4 Å². The van der Waals surface area contributed by atoms with Gasteiger partial charge in [-0.3, -0.25) is 4.79 Å². The number of carbonyl (C=O) groups is 1. The molecule has 1 aliphatic carbocycles. The molecular formula is C16H31N3O. The van der Waals surface area contributed by atoms with Gasteiger partial charge in [0.05, 0.1) is 5.54 Å². The first-order valence-corrected chi connectivity index (χ1v) is 8.29. The number of rotatable bonds is 8. The first kappa shape index (κ1) is 15.8. The van der Waals surface area contributed by atoms with Gasteiger partial charge in [0.1, 0.15) is 0 Å². The van der Waals surface area contributed by atoms with E-state index in [1.165, 1.54) is 51.7 Å². The molecule has 2 rings (SSSR count). The molecule has 4 heteroatoms. The number of primary amides is 1. The zero-order chi connectivity index (χ0) is 14.6. The van der Waals surface area contributed by atoms with Gasteiger partial charge in [-0.25, -0.2) is 0 Å². The monoisotopic (exact) mass is 281 g/mol. The summed E-state index contributed by atoms with van der Waals surface area (Å²) in [5.74, 6) is 0.698. The summed E-state index contributed by atoms with van der Waals surface area (Å²) >= 11 is 0. The Hall–Kier alpha value is -0.610. The molecule has 0 radical (unpaired) electrons. The molecule has 20 heavy (non-hydrogen) atoms. The van der Waals surface area contributed by atoms with E-state index in [9.17, 15) is 4.79 Å². The van der Waals surface area contributed by atoms with Gasteiger partial charge < -0.3 is 16.0 Å². The molecule has 0 bridgehead atoms. The normalized spacial score (nSPS) is 24.5. The van der Waals surface area contributed by atoms with Crippen LogP contribution in [0.2, 0.25) is 0 Å². The van der Waals surface area contributed by atoms with Gasteiger partial charge in [-0.1, -0.05) is 6.92 Å². The minimum Gasteiger partial charge on any atom is -0.368 e. The molecule has 0 aromatic carbocycles. The lowest BCUT2D eigenvalue weighted by molar-refractivity contribution is -0.124. The van der Waals surface area contributed by atoms with E-state index in [0.29, 0.717) is 6.04 Å². The lowest BCUT2D eigenvalue weighted by Gasteiger charge is -2.31. The molecule has 1 saturated heterocycles. The zero-order valence-corrected chi connectivity index (χ0v) is 13.2. The van der Waals surface area contributed by atoms with Crippen LogP contribution < -0.4 is 11.1 Å². The maximum absolute atomic E-state index is 11.7. The molecule has 1 saturated carbocycles. The number of unbranched alkanes of at least 4 members (excludes halogenated alkanes) is 1. The van der Waals surface area contributed by atoms with Crippen molar-refractivity contribution in [1.29, 1.82) is 0 Å². The Morgan fingerprint density at radius 3 is 2.45 bits per heavy atom. The molecule has 3 N–H and O–H groups in total. The van der Waals surface area contributed by atoms with Crippen LogP contribution in [0.1, 0.15) is 58.8 Å². The predicted octanol–water partition coefficient (Wildman–Crippen LogP) is 1.88. The van der Waals surface area contributed by atoms with E-state index in [1.807, 2.05) is 6.92 Å². The summed E-state index contributed by atoms with van der Waals surface area (Å²) in [5, 5.41) is 3.42. The Balaban J connectivity index is 1.64. The lowest BCUT2D eigenvalue weighted by atomic mass is 9.93. The maximum Gasteiger partial charge on any atom is 0.237 e. The van der Waals surface area contributed by atoms with Gasteiger partial charge in [-0.15, -0.1) is 0 Å². The number of nitrogens with zero attached hydrogens (tertiary/aromatic N) is 1. The van der Waals surface area contributed by atoms with Gasteiger partial charge in [0, 0.05) is 6.04 Å². The molecule has 1 atom stereocenters. The molecule has 1 amide bonds. The van der Waals surface area contributed by atoms with Gasteiger partial charge in [-0.05, 0) is 77.4 Å². The van der Waals surface area contributed by atoms with Crippen molar-refractivity contribution in [1.82, 2.24) is 10.2 Å². The molecule has 0 spiro atoms. The highest BCUT2D eigenvalue weighted by atomic mass is 16.1. The summed E-state index contributed by atoms with van der Waals surface area (Å²) in [4.78, 5) is 14.2. The number of hydrogen-bond acceptors (Lipinski definition) is 3. The fourth-order valence-electron chi connectivity index (χ4n) is 3.04. The van der Waals surface area contributed by atoms with Crippen molar-refractivity contribution in [2.45, 2.75) is 70.4 Å². The standard InChI is InChI=1S/C16H31N3O/c1-13-7-11-19(12-8-13)10-4-3-9-16(2,15(17)20)18-14-5-6-14/h13-14,18H,3-12H2,1-2H3,(H2,17,20). The molecule has 1 unspecified atom stereocenters. The third-order valence-electron chi connectivity index (χ3n) is 4.92. The minimum absolute atomic E-state index is 0.198. The second-order valence-electron chi connectivity index (χ2n) is 7.10. The predicted molar refractivity (Wildman–Crippen MR) is 82.4 cm³/mol. The van der Waals surface area contributed by atoms with Crippen LogP contribution in [0, 0.1) is 5.92 Å². The van der Waals surface area contributed by atoms with Crippen LogP contribution in [0.3, 0.4) is 0 Å². The molecule has 0 aromatic heterocycles. The summed E-state index contributed by atoms with van der Waals surface area (Å²) < 4.78 is 0. The van der Waals surface area contributed by atoms with E-state index in [4.69, 9.17) is 5.73 Å². The smallest absolute Gasteiger partial charge is 0.237 e. The number of nitrogens with two attached hydrogens (primary N) is 1. The van der Waals surface area contributed by atoms with E-state index >= 15 is 0 Å². The molecule has 2 aliphatic rings. The van der Waals surface area contributed by atoms with Gasteiger partial charge in [0.15, 0.2) is 0 Å². The van der Waals surface area contributed by atoms with Gasteiger partial charge >= 0.3 is 0 Å². The van der Waals surface area contributed by atoms with Crippen molar-refractivity contribution in [3.8, 4) is 0 Å². The second-order valence-corrected chi connectivity index (χ2v) is 7.10. The second kappa shape index (κ2) is 6.90. The van der Waals surface area contributed by atoms with E-state index in [0.717, 1.165) is 18.8 Å². The Morgan fingerprint density at radius 1 is 1.25 bits per heavy atom. The summed E-state index contributed by atoms with van der Waals surface area (Å²) in [7, 11) is 0. The number of hydrogen-bond donors (Lipinski definition) is 2. The Labute approximate surface area is 123 Å². The zero-order valence-electron chi connectivity index (χ0n) is 13.2. The van der Waals surface area contributed by atoms with Crippen LogP contribution in [-0.4, -0.2) is 42.0 Å². The van der Waals surface area contributed by atoms with Crippen LogP contribution in [0.4, 0.5) is 0 Å². The van der Waals surface area contributed by atoms with Crippen LogP contribution >= 0.6 is 0 Å². The van der Waals surface area contributed by atoms with Crippen molar-refractivity contribution in [3.63, 3.8) is 0 Å². The summed E-state index contributed by atoms with van der Waals surface area (Å²) in [6.07, 6.45) is 8.16. The molecule has 2 fully saturated rings. The Bertz CT molecular complexity index is 322. The van der Waals surface area contributed by atoms with Crippen LogP contribution in [0.5, 0.6) is 0 Å². The maximum atomic E-state index is 11.7. The molecule has 4 nitrogen and oxygen atoms in total. The molecule has 1 aliphatic heterocycles. The number of amides is 1. The SMILES string of the molecule is CC1CCN(CCCCC(C)(NC2CC2)C(N)=O)CC1. The van der Waals surface area contributed by atoms with Crippen molar-refractivity contribution in [3.05, 3.63) is 0 Å². The first-order valence-electron chi connectivity index (χ1n) is 8.29. The molecule has 1 heterocycles. The van der Waals surface area contributed by atoms with Crippen LogP contribution in [0.15, 0.2) is 0 Å². The van der Waals surface area contributed by atoms with Crippen LogP contribution in [-0.2, 0) is 4.79 Å². The third kappa shape index (κ3) is 4.74. The Morgan fingerprint density at radius 2 is 1.90 bits per heavy atom. The molecule has 116 valence electrons. The van der Waals surface area contributed by atoms with E-state index in [2.05, 4.69) is 17.1 Å². The lowest BCUT2D eigenvalue weighted by Crippen LogP contribution is -2.54. The van der Waals surface area contributed by atoms with Crippen LogP contribution in [0.25, 0.3) is 0 Å². The average molecular weight is 281 g/mol. The molecular weight excluding hydrogens is 250 g/mol. The summed E-state index contributed by atoms with van der Waals surface area (Å²) in [5.41, 5.74) is 5.07. The number of carbonyl (C=O) groups excluding carboxylic acids is 1. The summed E-state index contributed by atoms with van der Waals surface area (Å²) in [6.45, 7) is 7.98. The highest BCUT2D eigenvalue weighted by molar-refractivity contribution is 5.84. The highest BCUT2D eigenvalue weighted by Gasteiger charge is 2.36. The van der Waals surface area contributed by atoms with Gasteiger partial charge in [-0.2, -0.15) is 0 Å². The van der Waals surface area contributed by atoms with E-state index in [1.54, 1.807) is 0 Å². The van der Waals surface area contributed by atoms with Gasteiger partial charge in [0.25, 0.3) is 0 Å². The fraction of sp³-hybridized carbons (Fsp3) is 0.938. The molecule has 0 aromatic rings. The number of likely N-dealkylation sites (tertiary alicyclic amines) is 1. The number of nitrogens with one attached hydrogen (secondary N) is 1. The summed E-state index contributed by atoms with van der Waals surface area (Å²) in [6, 6.07) is 0.524. The van der Waals surface area contributed by atoms with Gasteiger partial charge in [0.2, 0.25) is 5.91 Å². The van der Waals surface area contributed by atoms with Crippen molar-refractivity contribution >= 4 is 5.91 Å². The van der Waals surface area contributed by atoms with Crippen molar-refractivity contribution in [2.75, 3.05) is 19.6 Å². The third-order valence-corrected chi connectivity index (χ3v) is 4.92. The highest BCUT2D eigenvalue weighted by Crippen LogP contribution is 2.25. The average Bonchev–Trinajstić information content (AvgIpc) is 3.20. The quantitative estimate of drug-likeness (QED) is 0.668. The first-order chi connectivity index (χ1) is 9.49. The van der Waals surface area contributed by atoms with Crippen molar-refractivity contribution < 1.29 is 4.79 Å². The van der Waals surface area contributed by atoms with Crippen molar-refractivity contribution in [2.24, 2.45) is 11.7 Å². The van der Waals surface area contributed by atoms with E-state index < -0.39 is 5.54 Å².